The third-order valence-corrected chi connectivity index (χ3v) is 3.06. The number of aromatic nitrogens is 2. The first-order valence-corrected chi connectivity index (χ1v) is 6.11. The van der Waals surface area contributed by atoms with E-state index in [0.29, 0.717) is 12.4 Å². The Balaban J connectivity index is 2.37. The van der Waals surface area contributed by atoms with E-state index in [4.69, 9.17) is 0 Å². The van der Waals surface area contributed by atoms with Crippen LogP contribution in [0.2, 0.25) is 0 Å². The minimum atomic E-state index is -0.577. The minimum Gasteiger partial charge on any atom is -0.306 e. The van der Waals surface area contributed by atoms with Crippen molar-refractivity contribution in [3.05, 3.63) is 18.2 Å². The predicted octanol–water partition coefficient (Wildman–Crippen LogP) is 1.28. The highest BCUT2D eigenvalue weighted by atomic mass is 16.2. The van der Waals surface area contributed by atoms with Gasteiger partial charge in [-0.1, -0.05) is 0 Å². The Kier molecular flexibility index (Phi) is 2.89. The molecule has 5 heteroatoms. The molecular weight excluding hydrogens is 228 g/mol. The molecule has 1 amide bonds. The molecule has 0 unspecified atom stereocenters. The summed E-state index contributed by atoms with van der Waals surface area (Å²) in [6.45, 7) is 10.4. The molecule has 0 radical (unpaired) electrons. The summed E-state index contributed by atoms with van der Waals surface area (Å²) >= 11 is 0. The summed E-state index contributed by atoms with van der Waals surface area (Å²) in [5, 5.41) is 3.36. The predicted molar refractivity (Wildman–Crippen MR) is 70.4 cm³/mol. The zero-order valence-electron chi connectivity index (χ0n) is 11.6. The van der Waals surface area contributed by atoms with Gasteiger partial charge in [0.05, 0.1) is 23.6 Å². The molecule has 18 heavy (non-hydrogen) atoms. The first-order chi connectivity index (χ1) is 8.21. The standard InChI is InChI=1S/C13H20N4O/c1-9-14-6-10(7-15-9)17-8-12(2,3)16-13(4,5)11(17)18/h6-7,16H,8H2,1-5H3. The van der Waals surface area contributed by atoms with Gasteiger partial charge in [-0.2, -0.15) is 0 Å². The molecule has 0 atom stereocenters. The van der Waals surface area contributed by atoms with E-state index in [0.717, 1.165) is 5.69 Å². The van der Waals surface area contributed by atoms with Crippen molar-refractivity contribution in [1.29, 1.82) is 0 Å². The van der Waals surface area contributed by atoms with Crippen LogP contribution in [-0.4, -0.2) is 33.5 Å². The van der Waals surface area contributed by atoms with E-state index in [-0.39, 0.29) is 11.4 Å². The number of piperazine rings is 1. The van der Waals surface area contributed by atoms with Crippen molar-refractivity contribution >= 4 is 11.6 Å². The number of amides is 1. The molecule has 0 spiro atoms. The highest BCUT2D eigenvalue weighted by Crippen LogP contribution is 2.26. The molecule has 2 rings (SSSR count). The molecule has 5 nitrogen and oxygen atoms in total. The molecule has 1 N–H and O–H groups in total. The van der Waals surface area contributed by atoms with Gasteiger partial charge < -0.3 is 4.90 Å². The van der Waals surface area contributed by atoms with Gasteiger partial charge in [0.25, 0.3) is 0 Å². The zero-order valence-corrected chi connectivity index (χ0v) is 11.6. The van der Waals surface area contributed by atoms with E-state index in [1.54, 1.807) is 17.3 Å². The summed E-state index contributed by atoms with van der Waals surface area (Å²) < 4.78 is 0. The number of aryl methyl sites for hydroxylation is 1. The largest absolute Gasteiger partial charge is 0.306 e. The van der Waals surface area contributed by atoms with Crippen LogP contribution in [0.25, 0.3) is 0 Å². The number of nitrogens with one attached hydrogen (secondary N) is 1. The lowest BCUT2D eigenvalue weighted by molar-refractivity contribution is -0.126. The van der Waals surface area contributed by atoms with E-state index in [1.165, 1.54) is 0 Å². The topological polar surface area (TPSA) is 58.1 Å². The Morgan fingerprint density at radius 2 is 1.78 bits per heavy atom. The lowest BCUT2D eigenvalue weighted by Gasteiger charge is -2.47. The molecule has 1 saturated heterocycles. The van der Waals surface area contributed by atoms with Gasteiger partial charge in [-0.15, -0.1) is 0 Å². The first-order valence-electron chi connectivity index (χ1n) is 6.11. The molecule has 1 aliphatic rings. The Bertz CT molecular complexity index is 464. The van der Waals surface area contributed by atoms with Gasteiger partial charge in [0.2, 0.25) is 5.91 Å². The monoisotopic (exact) mass is 248 g/mol. The number of nitrogens with zero attached hydrogens (tertiary/aromatic N) is 3. The number of anilines is 1. The van der Waals surface area contributed by atoms with Crippen molar-refractivity contribution in [3.8, 4) is 0 Å². The average Bonchev–Trinajstić information content (AvgIpc) is 2.23. The molecule has 1 aliphatic heterocycles. The van der Waals surface area contributed by atoms with Crippen LogP contribution >= 0.6 is 0 Å². The van der Waals surface area contributed by atoms with Gasteiger partial charge in [-0.25, -0.2) is 9.97 Å². The van der Waals surface area contributed by atoms with Crippen LogP contribution in [0.1, 0.15) is 33.5 Å². The second-order valence-corrected chi connectivity index (χ2v) is 6.01. The van der Waals surface area contributed by atoms with Crippen LogP contribution in [0, 0.1) is 6.92 Å². The number of hydrogen-bond donors (Lipinski definition) is 1. The summed E-state index contributed by atoms with van der Waals surface area (Å²) in [4.78, 5) is 22.5. The molecule has 1 aromatic heterocycles. The van der Waals surface area contributed by atoms with Gasteiger partial charge in [0.1, 0.15) is 5.82 Å². The van der Waals surface area contributed by atoms with Crippen molar-refractivity contribution in [2.75, 3.05) is 11.4 Å². The average molecular weight is 248 g/mol. The van der Waals surface area contributed by atoms with Crippen molar-refractivity contribution in [2.24, 2.45) is 0 Å². The second kappa shape index (κ2) is 4.02. The molecule has 0 bridgehead atoms. The van der Waals surface area contributed by atoms with Gasteiger partial charge in [0.15, 0.2) is 0 Å². The zero-order chi connectivity index (χ0) is 13.6. The fourth-order valence-electron chi connectivity index (χ4n) is 2.48. The number of rotatable bonds is 1. The number of hydrogen-bond acceptors (Lipinski definition) is 4. The fourth-order valence-corrected chi connectivity index (χ4v) is 2.48. The third kappa shape index (κ3) is 2.36. The van der Waals surface area contributed by atoms with E-state index < -0.39 is 5.54 Å². The van der Waals surface area contributed by atoms with Crippen LogP contribution in [0.15, 0.2) is 12.4 Å². The van der Waals surface area contributed by atoms with Crippen molar-refractivity contribution in [1.82, 2.24) is 15.3 Å². The van der Waals surface area contributed by atoms with E-state index in [1.807, 2.05) is 20.8 Å². The first kappa shape index (κ1) is 13.0. The van der Waals surface area contributed by atoms with Gasteiger partial charge in [-0.05, 0) is 34.6 Å². The quantitative estimate of drug-likeness (QED) is 0.813. The summed E-state index contributed by atoms with van der Waals surface area (Å²) in [5.41, 5.74) is 0.0443. The lowest BCUT2D eigenvalue weighted by atomic mass is 9.90. The van der Waals surface area contributed by atoms with Crippen molar-refractivity contribution < 1.29 is 4.79 Å². The number of carbonyl (C=O) groups is 1. The molecule has 0 aromatic carbocycles. The smallest absolute Gasteiger partial charge is 0.246 e. The maximum atomic E-state index is 12.4. The Morgan fingerprint density at radius 3 is 2.33 bits per heavy atom. The molecule has 98 valence electrons. The molecule has 1 fully saturated rings. The van der Waals surface area contributed by atoms with Crippen LogP contribution in [-0.2, 0) is 4.79 Å². The summed E-state index contributed by atoms with van der Waals surface area (Å²) in [6, 6.07) is 0. The van der Waals surface area contributed by atoms with Crippen molar-refractivity contribution in [2.45, 2.75) is 45.7 Å². The Hall–Kier alpha value is -1.49. The minimum absolute atomic E-state index is 0.0503. The van der Waals surface area contributed by atoms with Crippen molar-refractivity contribution in [3.63, 3.8) is 0 Å². The summed E-state index contributed by atoms with van der Waals surface area (Å²) in [6.07, 6.45) is 3.41. The van der Waals surface area contributed by atoms with E-state index in [2.05, 4.69) is 29.1 Å². The molecule has 0 saturated carbocycles. The highest BCUT2D eigenvalue weighted by molar-refractivity contribution is 6.00. The third-order valence-electron chi connectivity index (χ3n) is 3.06. The van der Waals surface area contributed by atoms with Crippen LogP contribution in [0.5, 0.6) is 0 Å². The van der Waals surface area contributed by atoms with Gasteiger partial charge in [-0.3, -0.25) is 10.1 Å². The SMILES string of the molecule is Cc1ncc(N2CC(C)(C)NC(C)(C)C2=O)cn1. The van der Waals surface area contributed by atoms with E-state index in [9.17, 15) is 4.79 Å². The molecule has 1 aromatic rings. The van der Waals surface area contributed by atoms with E-state index >= 15 is 0 Å². The maximum absolute atomic E-state index is 12.4. The van der Waals surface area contributed by atoms with Crippen LogP contribution in [0.4, 0.5) is 5.69 Å². The lowest BCUT2D eigenvalue weighted by Crippen LogP contribution is -2.70. The highest BCUT2D eigenvalue weighted by Gasteiger charge is 2.43. The normalized spacial score (nSPS) is 22.1. The Morgan fingerprint density at radius 1 is 1.22 bits per heavy atom. The fraction of sp³-hybridized carbons (Fsp3) is 0.615. The van der Waals surface area contributed by atoms with Crippen LogP contribution < -0.4 is 10.2 Å². The second-order valence-electron chi connectivity index (χ2n) is 6.01. The molecule has 0 aliphatic carbocycles. The summed E-state index contributed by atoms with van der Waals surface area (Å²) in [5.74, 6) is 0.758. The van der Waals surface area contributed by atoms with Gasteiger partial charge >= 0.3 is 0 Å². The maximum Gasteiger partial charge on any atom is 0.246 e. The van der Waals surface area contributed by atoms with Crippen LogP contribution in [0.3, 0.4) is 0 Å². The molecular formula is C13H20N4O. The van der Waals surface area contributed by atoms with Gasteiger partial charge in [0, 0.05) is 12.1 Å². The summed E-state index contributed by atoms with van der Waals surface area (Å²) in [7, 11) is 0. The Labute approximate surface area is 108 Å². The number of carbonyl (C=O) groups excluding carboxylic acids is 1. The molecule has 2 heterocycles.